The van der Waals surface area contributed by atoms with Gasteiger partial charge in [-0.25, -0.2) is 10.2 Å². The van der Waals surface area contributed by atoms with Gasteiger partial charge in [0.05, 0.1) is 12.5 Å². The molecular weight excluding hydrogens is 404 g/mol. The molecule has 2 atom stereocenters. The molecule has 2 unspecified atom stereocenters. The number of rotatable bonds is 6. The van der Waals surface area contributed by atoms with Crippen LogP contribution in [0.5, 0.6) is 5.75 Å². The molecule has 0 bridgehead atoms. The lowest BCUT2D eigenvalue weighted by atomic mass is 9.86. The second-order valence-corrected chi connectivity index (χ2v) is 8.99. The number of esters is 1. The maximum absolute atomic E-state index is 12.4. The molecule has 6 nitrogen and oxygen atoms in total. The monoisotopic (exact) mass is 430 g/mol. The normalized spacial score (nSPS) is 17.8. The summed E-state index contributed by atoms with van der Waals surface area (Å²) in [6.07, 6.45) is 3.81. The van der Waals surface area contributed by atoms with Gasteiger partial charge >= 0.3 is 5.97 Å². The van der Waals surface area contributed by atoms with Gasteiger partial charge in [-0.2, -0.15) is 5.10 Å². The number of carbonyl (C=O) groups excluding carboxylic acids is 2. The van der Waals surface area contributed by atoms with Crippen LogP contribution in [0.1, 0.15) is 60.4 Å². The molecule has 1 fully saturated rings. The van der Waals surface area contributed by atoms with Gasteiger partial charge in [-0.1, -0.05) is 45.0 Å². The van der Waals surface area contributed by atoms with Gasteiger partial charge in [-0.15, -0.1) is 0 Å². The second kappa shape index (κ2) is 8.83. The first-order valence-corrected chi connectivity index (χ1v) is 10.6. The number of hydrogen-bond acceptors (Lipinski definition) is 5. The first-order valence-electron chi connectivity index (χ1n) is 10.6. The summed E-state index contributed by atoms with van der Waals surface area (Å²) in [6.45, 7) is 6.57. The van der Waals surface area contributed by atoms with Gasteiger partial charge in [0.15, 0.2) is 0 Å². The maximum Gasteiger partial charge on any atom is 0.379 e. The van der Waals surface area contributed by atoms with Crippen molar-refractivity contribution in [3.8, 4) is 5.75 Å². The first-order chi connectivity index (χ1) is 15.3. The Morgan fingerprint density at radius 3 is 2.41 bits per heavy atom. The highest BCUT2D eigenvalue weighted by atomic mass is 16.5. The molecule has 0 saturated heterocycles. The average molecular weight is 431 g/mol. The molecular formula is C26H26N2O4. The van der Waals surface area contributed by atoms with E-state index in [4.69, 9.17) is 9.15 Å². The van der Waals surface area contributed by atoms with E-state index in [0.29, 0.717) is 5.75 Å². The van der Waals surface area contributed by atoms with E-state index in [1.165, 1.54) is 23.5 Å². The molecule has 1 heterocycles. The largest absolute Gasteiger partial charge is 0.457 e. The number of carbonyl (C=O) groups is 2. The average Bonchev–Trinajstić information content (AvgIpc) is 3.38. The molecule has 0 aliphatic heterocycles. The van der Waals surface area contributed by atoms with Crippen LogP contribution in [0, 0.1) is 5.92 Å². The van der Waals surface area contributed by atoms with E-state index in [9.17, 15) is 9.59 Å². The smallest absolute Gasteiger partial charge is 0.379 e. The van der Waals surface area contributed by atoms with Crippen LogP contribution in [-0.2, 0) is 10.2 Å². The third-order valence-corrected chi connectivity index (χ3v) is 5.53. The van der Waals surface area contributed by atoms with Crippen molar-refractivity contribution in [2.45, 2.75) is 38.5 Å². The minimum Gasteiger partial charge on any atom is -0.457 e. The van der Waals surface area contributed by atoms with Crippen LogP contribution in [0.15, 0.2) is 76.4 Å². The van der Waals surface area contributed by atoms with Crippen molar-refractivity contribution in [3.63, 3.8) is 0 Å². The lowest BCUT2D eigenvalue weighted by Crippen LogP contribution is -2.20. The third-order valence-electron chi connectivity index (χ3n) is 5.53. The zero-order chi connectivity index (χ0) is 22.7. The van der Waals surface area contributed by atoms with Crippen molar-refractivity contribution in [1.29, 1.82) is 0 Å². The summed E-state index contributed by atoms with van der Waals surface area (Å²) in [5, 5.41) is 4.06. The fourth-order valence-corrected chi connectivity index (χ4v) is 3.51. The Morgan fingerprint density at radius 1 is 1.06 bits per heavy atom. The molecule has 1 N–H and O–H groups in total. The number of benzene rings is 2. The van der Waals surface area contributed by atoms with Gasteiger partial charge in [-0.3, -0.25) is 4.79 Å². The maximum atomic E-state index is 12.4. The Bertz CT molecular complexity index is 1110. The molecule has 0 radical (unpaired) electrons. The standard InChI is InChI=1S/C26H26N2O4/c1-26(2,3)19-10-8-18(9-11-19)21-15-22(21)24(29)28-27-16-17-6-12-20(13-7-17)32-25(30)23-5-4-14-31-23/h4-14,16,21-22H,15H2,1-3H3,(H,28,29)/b27-16-. The predicted octanol–water partition coefficient (Wildman–Crippen LogP) is 5.05. The number of ether oxygens (including phenoxy) is 1. The predicted molar refractivity (Wildman–Crippen MR) is 122 cm³/mol. The number of nitrogens with zero attached hydrogens (tertiary/aromatic N) is 1. The van der Waals surface area contributed by atoms with Crippen LogP contribution < -0.4 is 10.2 Å². The molecule has 0 spiro atoms. The Kier molecular flexibility index (Phi) is 5.95. The molecule has 1 aliphatic carbocycles. The summed E-state index contributed by atoms with van der Waals surface area (Å²) in [4.78, 5) is 24.3. The van der Waals surface area contributed by atoms with Crippen LogP contribution in [0.4, 0.5) is 0 Å². The van der Waals surface area contributed by atoms with Gasteiger partial charge in [0.2, 0.25) is 11.7 Å². The minimum atomic E-state index is -0.560. The topological polar surface area (TPSA) is 80.9 Å². The van der Waals surface area contributed by atoms with Crippen molar-refractivity contribution in [1.82, 2.24) is 5.43 Å². The quantitative estimate of drug-likeness (QED) is 0.257. The zero-order valence-corrected chi connectivity index (χ0v) is 18.4. The van der Waals surface area contributed by atoms with Crippen LogP contribution >= 0.6 is 0 Å². The van der Waals surface area contributed by atoms with Gasteiger partial charge < -0.3 is 9.15 Å². The second-order valence-electron chi connectivity index (χ2n) is 8.99. The number of hydrogen-bond donors (Lipinski definition) is 1. The highest BCUT2D eigenvalue weighted by Gasteiger charge is 2.44. The van der Waals surface area contributed by atoms with E-state index in [1.54, 1.807) is 36.5 Å². The summed E-state index contributed by atoms with van der Waals surface area (Å²) < 4.78 is 10.2. The lowest BCUT2D eigenvalue weighted by Gasteiger charge is -2.19. The fraction of sp³-hybridized carbons (Fsp3) is 0.269. The Morgan fingerprint density at radius 2 is 1.78 bits per heavy atom. The highest BCUT2D eigenvalue weighted by molar-refractivity contribution is 5.88. The molecule has 1 aliphatic rings. The van der Waals surface area contributed by atoms with Gasteiger partial charge in [0, 0.05) is 5.92 Å². The van der Waals surface area contributed by atoms with E-state index in [2.05, 4.69) is 55.6 Å². The summed E-state index contributed by atoms with van der Waals surface area (Å²) in [5.74, 6) is 0.108. The van der Waals surface area contributed by atoms with Crippen molar-refractivity contribution in [3.05, 3.63) is 89.4 Å². The van der Waals surface area contributed by atoms with Gasteiger partial charge in [0.25, 0.3) is 0 Å². The summed E-state index contributed by atoms with van der Waals surface area (Å²) in [6, 6.07) is 18.5. The number of amides is 1. The lowest BCUT2D eigenvalue weighted by molar-refractivity contribution is -0.122. The van der Waals surface area contributed by atoms with Crippen LogP contribution in [0.3, 0.4) is 0 Å². The Hall–Kier alpha value is -3.67. The van der Waals surface area contributed by atoms with E-state index >= 15 is 0 Å². The first kappa shape index (κ1) is 21.6. The minimum absolute atomic E-state index is 0.0453. The molecule has 2 aromatic carbocycles. The van der Waals surface area contributed by atoms with E-state index < -0.39 is 5.97 Å². The van der Waals surface area contributed by atoms with Gasteiger partial charge in [0.1, 0.15) is 5.75 Å². The van der Waals surface area contributed by atoms with Gasteiger partial charge in [-0.05, 0) is 70.8 Å². The molecule has 4 rings (SSSR count). The van der Waals surface area contributed by atoms with Crippen LogP contribution in [-0.4, -0.2) is 18.1 Å². The van der Waals surface area contributed by atoms with Crippen molar-refractivity contribution in [2.24, 2.45) is 11.0 Å². The Labute approximate surface area is 187 Å². The van der Waals surface area contributed by atoms with Crippen molar-refractivity contribution < 1.29 is 18.7 Å². The molecule has 1 amide bonds. The number of hydrazone groups is 1. The van der Waals surface area contributed by atoms with Crippen LogP contribution in [0.25, 0.3) is 0 Å². The summed E-state index contributed by atoms with van der Waals surface area (Å²) in [7, 11) is 0. The third kappa shape index (κ3) is 5.14. The van der Waals surface area contributed by atoms with Crippen molar-refractivity contribution in [2.75, 3.05) is 0 Å². The number of nitrogens with one attached hydrogen (secondary N) is 1. The Balaban J connectivity index is 1.26. The van der Waals surface area contributed by atoms with E-state index in [0.717, 1.165) is 12.0 Å². The highest BCUT2D eigenvalue weighted by Crippen LogP contribution is 2.47. The summed E-state index contributed by atoms with van der Waals surface area (Å²) in [5.41, 5.74) is 6.00. The zero-order valence-electron chi connectivity index (χ0n) is 18.4. The van der Waals surface area contributed by atoms with E-state index in [-0.39, 0.29) is 28.9 Å². The molecule has 164 valence electrons. The molecule has 32 heavy (non-hydrogen) atoms. The van der Waals surface area contributed by atoms with Crippen molar-refractivity contribution >= 4 is 18.1 Å². The SMILES string of the molecule is CC(C)(C)c1ccc(C2CC2C(=O)N/N=C\c2ccc(OC(=O)c3ccco3)cc2)cc1. The fourth-order valence-electron chi connectivity index (χ4n) is 3.51. The molecule has 1 aromatic heterocycles. The molecule has 6 heteroatoms. The molecule has 1 saturated carbocycles. The van der Waals surface area contributed by atoms with E-state index in [1.807, 2.05) is 0 Å². The summed E-state index contributed by atoms with van der Waals surface area (Å²) >= 11 is 0. The number of furan rings is 1. The van der Waals surface area contributed by atoms with Crippen LogP contribution in [0.2, 0.25) is 0 Å². The molecule has 3 aromatic rings.